The molecule has 1 aromatic heterocycles. The zero-order valence-corrected chi connectivity index (χ0v) is 10.9. The maximum absolute atomic E-state index is 4.18. The molecule has 1 aliphatic carbocycles. The molecule has 0 spiro atoms. The van der Waals surface area contributed by atoms with Gasteiger partial charge in [0, 0.05) is 19.3 Å². The number of aromatic nitrogens is 2. The number of hydrogen-bond acceptors (Lipinski definition) is 2. The molecule has 3 nitrogen and oxygen atoms in total. The smallest absolute Gasteiger partial charge is 0.0521 e. The zero-order chi connectivity index (χ0) is 12.1. The third-order valence-electron chi connectivity index (χ3n) is 3.21. The summed E-state index contributed by atoms with van der Waals surface area (Å²) in [6.45, 7) is 3.36. The molecule has 1 heterocycles. The fourth-order valence-corrected chi connectivity index (χ4v) is 1.94. The number of aryl methyl sites for hydroxylation is 2. The van der Waals surface area contributed by atoms with E-state index in [1.165, 1.54) is 24.0 Å². The highest BCUT2D eigenvalue weighted by Gasteiger charge is 2.19. The Morgan fingerprint density at radius 2 is 2.41 bits per heavy atom. The van der Waals surface area contributed by atoms with Crippen LogP contribution in [0, 0.1) is 0 Å². The molecule has 0 aliphatic heterocycles. The SMILES string of the molecule is CC(=CCCNC1CC1)CCc1cnn(C)c1. The van der Waals surface area contributed by atoms with Gasteiger partial charge in [-0.2, -0.15) is 5.10 Å². The quantitative estimate of drug-likeness (QED) is 0.579. The average Bonchev–Trinajstić information content (AvgIpc) is 3.04. The van der Waals surface area contributed by atoms with Crippen molar-refractivity contribution in [2.45, 2.75) is 45.1 Å². The van der Waals surface area contributed by atoms with Gasteiger partial charge >= 0.3 is 0 Å². The molecule has 0 amide bonds. The molecule has 0 bridgehead atoms. The normalized spacial score (nSPS) is 16.5. The molecular weight excluding hydrogens is 210 g/mol. The number of rotatable bonds is 7. The Balaban J connectivity index is 1.61. The van der Waals surface area contributed by atoms with E-state index in [9.17, 15) is 0 Å². The zero-order valence-electron chi connectivity index (χ0n) is 10.9. The molecule has 17 heavy (non-hydrogen) atoms. The second-order valence-corrected chi connectivity index (χ2v) is 5.09. The highest BCUT2D eigenvalue weighted by Crippen LogP contribution is 2.18. The third-order valence-corrected chi connectivity index (χ3v) is 3.21. The number of nitrogens with zero attached hydrogens (tertiary/aromatic N) is 2. The van der Waals surface area contributed by atoms with Crippen LogP contribution in [0.5, 0.6) is 0 Å². The molecule has 94 valence electrons. The van der Waals surface area contributed by atoms with E-state index in [1.54, 1.807) is 0 Å². The molecule has 1 aliphatic rings. The summed E-state index contributed by atoms with van der Waals surface area (Å²) < 4.78 is 1.87. The maximum atomic E-state index is 4.18. The van der Waals surface area contributed by atoms with E-state index in [-0.39, 0.29) is 0 Å². The Hall–Kier alpha value is -1.09. The van der Waals surface area contributed by atoms with Crippen molar-refractivity contribution < 1.29 is 0 Å². The number of allylic oxidation sites excluding steroid dienone is 1. The number of hydrogen-bond donors (Lipinski definition) is 1. The molecule has 0 unspecified atom stereocenters. The summed E-state index contributed by atoms with van der Waals surface area (Å²) in [5.74, 6) is 0. The summed E-state index contributed by atoms with van der Waals surface area (Å²) in [4.78, 5) is 0. The van der Waals surface area contributed by atoms with Gasteiger partial charge in [-0.05, 0) is 51.1 Å². The van der Waals surface area contributed by atoms with Crippen LogP contribution in [-0.2, 0) is 13.5 Å². The summed E-state index contributed by atoms with van der Waals surface area (Å²) in [5.41, 5.74) is 2.82. The molecule has 1 N–H and O–H groups in total. The Morgan fingerprint density at radius 3 is 3.06 bits per heavy atom. The van der Waals surface area contributed by atoms with Gasteiger partial charge in [0.15, 0.2) is 0 Å². The van der Waals surface area contributed by atoms with Crippen molar-refractivity contribution in [3.63, 3.8) is 0 Å². The second kappa shape index (κ2) is 6.01. The Kier molecular flexibility index (Phi) is 4.37. The molecule has 1 aromatic rings. The summed E-state index contributed by atoms with van der Waals surface area (Å²) in [7, 11) is 1.97. The Bertz CT molecular complexity index is 375. The van der Waals surface area contributed by atoms with Crippen LogP contribution in [0.25, 0.3) is 0 Å². The van der Waals surface area contributed by atoms with Crippen LogP contribution >= 0.6 is 0 Å². The van der Waals surface area contributed by atoms with Crippen LogP contribution in [0.1, 0.15) is 38.2 Å². The van der Waals surface area contributed by atoms with Crippen molar-refractivity contribution in [1.29, 1.82) is 0 Å². The lowest BCUT2D eigenvalue weighted by atomic mass is 10.1. The molecule has 0 aromatic carbocycles. The minimum absolute atomic E-state index is 0.832. The van der Waals surface area contributed by atoms with Gasteiger partial charge in [0.1, 0.15) is 0 Å². The average molecular weight is 233 g/mol. The van der Waals surface area contributed by atoms with Crippen molar-refractivity contribution in [2.24, 2.45) is 7.05 Å². The molecule has 3 heteroatoms. The van der Waals surface area contributed by atoms with Gasteiger partial charge in [-0.15, -0.1) is 0 Å². The van der Waals surface area contributed by atoms with E-state index >= 15 is 0 Å². The van der Waals surface area contributed by atoms with Gasteiger partial charge in [-0.3, -0.25) is 4.68 Å². The highest BCUT2D eigenvalue weighted by molar-refractivity contribution is 5.08. The van der Waals surface area contributed by atoms with Crippen LogP contribution in [0.2, 0.25) is 0 Å². The minimum atomic E-state index is 0.832. The van der Waals surface area contributed by atoms with Crippen molar-refractivity contribution in [2.75, 3.05) is 6.54 Å². The molecule has 0 saturated heterocycles. The standard InChI is InChI=1S/C14H23N3/c1-12(4-3-9-15-14-7-8-14)5-6-13-10-16-17(2)11-13/h4,10-11,14-15H,3,5-9H2,1-2H3. The van der Waals surface area contributed by atoms with Gasteiger partial charge in [-0.1, -0.05) is 11.6 Å². The van der Waals surface area contributed by atoms with Crippen LogP contribution < -0.4 is 5.32 Å². The Morgan fingerprint density at radius 1 is 1.59 bits per heavy atom. The van der Waals surface area contributed by atoms with Crippen LogP contribution in [-0.4, -0.2) is 22.4 Å². The fourth-order valence-electron chi connectivity index (χ4n) is 1.94. The lowest BCUT2D eigenvalue weighted by Crippen LogP contribution is -2.16. The molecule has 0 radical (unpaired) electrons. The summed E-state index contributed by atoms with van der Waals surface area (Å²) in [6.07, 6.45) is 12.6. The fraction of sp³-hybridized carbons (Fsp3) is 0.643. The predicted octanol–water partition coefficient (Wildman–Crippen LogP) is 2.44. The van der Waals surface area contributed by atoms with Gasteiger partial charge in [0.05, 0.1) is 6.20 Å². The first-order valence-electron chi connectivity index (χ1n) is 6.60. The summed E-state index contributed by atoms with van der Waals surface area (Å²) in [5, 5.41) is 7.71. The van der Waals surface area contributed by atoms with Crippen LogP contribution in [0.4, 0.5) is 0 Å². The largest absolute Gasteiger partial charge is 0.314 e. The van der Waals surface area contributed by atoms with E-state index in [1.807, 2.05) is 17.9 Å². The van der Waals surface area contributed by atoms with Crippen LogP contribution in [0.15, 0.2) is 24.0 Å². The summed E-state index contributed by atoms with van der Waals surface area (Å²) >= 11 is 0. The third kappa shape index (κ3) is 4.73. The Labute approximate surface area is 104 Å². The molecule has 1 saturated carbocycles. The molecule has 1 fully saturated rings. The van der Waals surface area contributed by atoms with Crippen molar-refractivity contribution >= 4 is 0 Å². The molecule has 2 rings (SSSR count). The van der Waals surface area contributed by atoms with Crippen molar-refractivity contribution in [1.82, 2.24) is 15.1 Å². The lowest BCUT2D eigenvalue weighted by Gasteiger charge is -2.01. The first kappa shape index (κ1) is 12.4. The lowest BCUT2D eigenvalue weighted by molar-refractivity contribution is 0.687. The van der Waals surface area contributed by atoms with Gasteiger partial charge < -0.3 is 5.32 Å². The molecule has 0 atom stereocenters. The van der Waals surface area contributed by atoms with Crippen molar-refractivity contribution in [3.05, 3.63) is 29.6 Å². The first-order valence-corrected chi connectivity index (χ1v) is 6.60. The molecular formula is C14H23N3. The van der Waals surface area contributed by atoms with Gasteiger partial charge in [0.25, 0.3) is 0 Å². The van der Waals surface area contributed by atoms with Crippen molar-refractivity contribution in [3.8, 4) is 0 Å². The van der Waals surface area contributed by atoms with E-state index in [4.69, 9.17) is 0 Å². The van der Waals surface area contributed by atoms with E-state index < -0.39 is 0 Å². The predicted molar refractivity (Wildman–Crippen MR) is 70.9 cm³/mol. The van der Waals surface area contributed by atoms with Crippen LogP contribution in [0.3, 0.4) is 0 Å². The maximum Gasteiger partial charge on any atom is 0.0521 e. The monoisotopic (exact) mass is 233 g/mol. The topological polar surface area (TPSA) is 29.9 Å². The number of nitrogens with one attached hydrogen (secondary N) is 1. The van der Waals surface area contributed by atoms with E-state index in [2.05, 4.69) is 29.6 Å². The first-order chi connectivity index (χ1) is 8.24. The van der Waals surface area contributed by atoms with Gasteiger partial charge in [0.2, 0.25) is 0 Å². The van der Waals surface area contributed by atoms with E-state index in [0.717, 1.165) is 31.8 Å². The highest BCUT2D eigenvalue weighted by atomic mass is 15.2. The second-order valence-electron chi connectivity index (χ2n) is 5.09. The summed E-state index contributed by atoms with van der Waals surface area (Å²) in [6, 6.07) is 0.832. The van der Waals surface area contributed by atoms with E-state index in [0.29, 0.717) is 0 Å². The minimum Gasteiger partial charge on any atom is -0.314 e. The van der Waals surface area contributed by atoms with Gasteiger partial charge in [-0.25, -0.2) is 0 Å².